The van der Waals surface area contributed by atoms with Crippen LogP contribution in [0.2, 0.25) is 0 Å². The fraction of sp³-hybridized carbons (Fsp3) is 0.143. The molecule has 0 saturated carbocycles. The van der Waals surface area contributed by atoms with Crippen LogP contribution >= 0.6 is 0 Å². The molecular weight excluding hydrogens is 360 g/mol. The van der Waals surface area contributed by atoms with Gasteiger partial charge in [0.25, 0.3) is 10.0 Å². The van der Waals surface area contributed by atoms with Crippen molar-refractivity contribution in [1.29, 1.82) is 0 Å². The highest BCUT2D eigenvalue weighted by atomic mass is 32.2. The lowest BCUT2D eigenvalue weighted by atomic mass is 10.0. The number of nitrogens with one attached hydrogen (secondary N) is 1. The van der Waals surface area contributed by atoms with E-state index in [-0.39, 0.29) is 16.3 Å². The van der Waals surface area contributed by atoms with Crippen molar-refractivity contribution in [3.63, 3.8) is 0 Å². The second-order valence-corrected chi connectivity index (χ2v) is 8.19. The molecule has 0 aliphatic heterocycles. The van der Waals surface area contributed by atoms with Crippen molar-refractivity contribution in [1.82, 2.24) is 0 Å². The van der Waals surface area contributed by atoms with Gasteiger partial charge in [-0.25, -0.2) is 8.42 Å². The molecule has 5 nitrogen and oxygen atoms in total. The van der Waals surface area contributed by atoms with Crippen LogP contribution in [0.1, 0.15) is 11.1 Å². The lowest BCUT2D eigenvalue weighted by Gasteiger charge is -2.14. The predicted molar refractivity (Wildman–Crippen MR) is 109 cm³/mol. The fourth-order valence-electron chi connectivity index (χ4n) is 2.73. The first-order valence-electron chi connectivity index (χ1n) is 8.51. The summed E-state index contributed by atoms with van der Waals surface area (Å²) in [6.45, 7) is 0. The fourth-order valence-corrected chi connectivity index (χ4v) is 3.80. The van der Waals surface area contributed by atoms with E-state index in [1.807, 2.05) is 49.3 Å². The quantitative estimate of drug-likeness (QED) is 0.636. The normalized spacial score (nSPS) is 11.2. The summed E-state index contributed by atoms with van der Waals surface area (Å²) in [7, 11) is -0.0226. The Kier molecular flexibility index (Phi) is 5.37. The Morgan fingerprint density at radius 2 is 1.56 bits per heavy atom. The molecule has 0 aliphatic rings. The van der Waals surface area contributed by atoms with E-state index < -0.39 is 10.0 Å². The van der Waals surface area contributed by atoms with Gasteiger partial charge >= 0.3 is 0 Å². The maximum absolute atomic E-state index is 12.7. The summed E-state index contributed by atoms with van der Waals surface area (Å²) in [5.41, 5.74) is 3.08. The van der Waals surface area contributed by atoms with Gasteiger partial charge in [0.1, 0.15) is 5.75 Å². The van der Waals surface area contributed by atoms with Gasteiger partial charge in [0, 0.05) is 19.8 Å². The van der Waals surface area contributed by atoms with Crippen molar-refractivity contribution in [2.75, 3.05) is 23.7 Å². The maximum Gasteiger partial charge on any atom is 0.262 e. The number of hydrogen-bond donors (Lipinski definition) is 2. The molecular formula is C21H22N2O3S. The van der Waals surface area contributed by atoms with Gasteiger partial charge in [-0.05, 0) is 53.9 Å². The number of anilines is 2. The molecule has 0 saturated heterocycles. The summed E-state index contributed by atoms with van der Waals surface area (Å²) in [6, 6.07) is 21.4. The van der Waals surface area contributed by atoms with Crippen molar-refractivity contribution in [3.8, 4) is 5.75 Å². The zero-order valence-corrected chi connectivity index (χ0v) is 16.1. The van der Waals surface area contributed by atoms with Crippen molar-refractivity contribution < 1.29 is 13.5 Å². The molecule has 0 aliphatic carbocycles. The topological polar surface area (TPSA) is 69.6 Å². The first kappa shape index (κ1) is 18.8. The standard InChI is InChI=1S/C21H22N2O3S/c1-23(2)18-9-11-19(12-10-18)27(25,26)22-20-15-17(8-13-21(20)24)14-16-6-4-3-5-7-16/h3-13,15,22,24H,14H2,1-2H3. The van der Waals surface area contributed by atoms with Gasteiger partial charge < -0.3 is 10.0 Å². The number of aromatic hydroxyl groups is 1. The van der Waals surface area contributed by atoms with Crippen LogP contribution in [-0.2, 0) is 16.4 Å². The third kappa shape index (κ3) is 4.60. The molecule has 0 heterocycles. The van der Waals surface area contributed by atoms with Gasteiger partial charge in [-0.1, -0.05) is 36.4 Å². The molecule has 2 N–H and O–H groups in total. The van der Waals surface area contributed by atoms with Gasteiger partial charge in [-0.15, -0.1) is 0 Å². The van der Waals surface area contributed by atoms with Crippen molar-refractivity contribution in [2.24, 2.45) is 0 Å². The summed E-state index contributed by atoms with van der Waals surface area (Å²) >= 11 is 0. The second-order valence-electron chi connectivity index (χ2n) is 6.51. The smallest absolute Gasteiger partial charge is 0.262 e. The van der Waals surface area contributed by atoms with Gasteiger partial charge in [0.2, 0.25) is 0 Å². The van der Waals surface area contributed by atoms with E-state index in [1.165, 1.54) is 6.07 Å². The molecule has 3 aromatic carbocycles. The predicted octanol–water partition coefficient (Wildman–Crippen LogP) is 3.85. The van der Waals surface area contributed by atoms with Crippen molar-refractivity contribution in [2.45, 2.75) is 11.3 Å². The molecule has 0 radical (unpaired) electrons. The van der Waals surface area contributed by atoms with E-state index in [0.29, 0.717) is 6.42 Å². The SMILES string of the molecule is CN(C)c1ccc(S(=O)(=O)Nc2cc(Cc3ccccc3)ccc2O)cc1. The van der Waals surface area contributed by atoms with Crippen molar-refractivity contribution in [3.05, 3.63) is 83.9 Å². The maximum atomic E-state index is 12.7. The summed E-state index contributed by atoms with van der Waals surface area (Å²) in [6.07, 6.45) is 0.646. The van der Waals surface area contributed by atoms with Crippen LogP contribution in [0.15, 0.2) is 77.7 Å². The molecule has 6 heteroatoms. The van der Waals surface area contributed by atoms with Crippen LogP contribution in [0.4, 0.5) is 11.4 Å². The number of nitrogens with zero attached hydrogens (tertiary/aromatic N) is 1. The summed E-state index contributed by atoms with van der Waals surface area (Å²) in [4.78, 5) is 2.03. The Balaban J connectivity index is 1.84. The highest BCUT2D eigenvalue weighted by Gasteiger charge is 2.16. The minimum absolute atomic E-state index is 0.111. The van der Waals surface area contributed by atoms with Gasteiger partial charge in [-0.3, -0.25) is 4.72 Å². The molecule has 3 aromatic rings. The highest BCUT2D eigenvalue weighted by Crippen LogP contribution is 2.28. The van der Waals surface area contributed by atoms with Crippen molar-refractivity contribution >= 4 is 21.4 Å². The van der Waals surface area contributed by atoms with Gasteiger partial charge in [0.05, 0.1) is 10.6 Å². The van der Waals surface area contributed by atoms with E-state index in [9.17, 15) is 13.5 Å². The van der Waals surface area contributed by atoms with E-state index >= 15 is 0 Å². The molecule has 27 heavy (non-hydrogen) atoms. The third-order valence-corrected chi connectivity index (χ3v) is 5.60. The first-order valence-corrected chi connectivity index (χ1v) is 9.99. The average Bonchev–Trinajstić information content (AvgIpc) is 2.65. The van der Waals surface area contributed by atoms with Crippen LogP contribution in [0.3, 0.4) is 0 Å². The Morgan fingerprint density at radius 3 is 2.19 bits per heavy atom. The number of sulfonamides is 1. The monoisotopic (exact) mass is 382 g/mol. The first-order chi connectivity index (χ1) is 12.8. The number of phenols is 1. The van der Waals surface area contributed by atoms with Crippen LogP contribution in [-0.4, -0.2) is 27.6 Å². The average molecular weight is 382 g/mol. The Morgan fingerprint density at radius 1 is 0.889 bits per heavy atom. The van der Waals surface area contributed by atoms with Crippen LogP contribution < -0.4 is 9.62 Å². The van der Waals surface area contributed by atoms with E-state index in [4.69, 9.17) is 0 Å². The Bertz CT molecular complexity index is 1020. The lowest BCUT2D eigenvalue weighted by Crippen LogP contribution is -2.14. The molecule has 140 valence electrons. The van der Waals surface area contributed by atoms with E-state index in [2.05, 4.69) is 4.72 Å². The summed E-state index contributed by atoms with van der Waals surface area (Å²) in [5.74, 6) is -0.111. The Labute approximate surface area is 160 Å². The molecule has 0 bridgehead atoms. The third-order valence-electron chi connectivity index (χ3n) is 4.22. The van der Waals surface area contributed by atoms with E-state index in [0.717, 1.165) is 16.8 Å². The van der Waals surface area contributed by atoms with Crippen LogP contribution in [0.25, 0.3) is 0 Å². The zero-order valence-electron chi connectivity index (χ0n) is 15.3. The van der Waals surface area contributed by atoms with Crippen LogP contribution in [0, 0.1) is 0 Å². The molecule has 0 atom stereocenters. The zero-order chi connectivity index (χ0) is 19.4. The summed E-state index contributed by atoms with van der Waals surface area (Å²) in [5, 5.41) is 10.1. The highest BCUT2D eigenvalue weighted by molar-refractivity contribution is 7.92. The summed E-state index contributed by atoms with van der Waals surface area (Å²) < 4.78 is 27.8. The molecule has 0 amide bonds. The number of phenolic OH excluding ortho intramolecular Hbond substituents is 1. The number of hydrogen-bond acceptors (Lipinski definition) is 4. The van der Waals surface area contributed by atoms with Gasteiger partial charge in [-0.2, -0.15) is 0 Å². The van der Waals surface area contributed by atoms with E-state index in [1.54, 1.807) is 36.4 Å². The molecule has 3 rings (SSSR count). The molecule has 0 unspecified atom stereocenters. The minimum atomic E-state index is -3.80. The number of benzene rings is 3. The minimum Gasteiger partial charge on any atom is -0.506 e. The lowest BCUT2D eigenvalue weighted by molar-refractivity contribution is 0.477. The molecule has 0 fully saturated rings. The van der Waals surface area contributed by atoms with Crippen LogP contribution in [0.5, 0.6) is 5.75 Å². The molecule has 0 aromatic heterocycles. The number of rotatable bonds is 6. The molecule has 0 spiro atoms. The largest absolute Gasteiger partial charge is 0.506 e. The van der Waals surface area contributed by atoms with Gasteiger partial charge in [0.15, 0.2) is 0 Å². The second kappa shape index (κ2) is 7.72. The Hall–Kier alpha value is -2.99.